The average Bonchev–Trinajstić information content (AvgIpc) is 2.69. The van der Waals surface area contributed by atoms with Crippen molar-refractivity contribution in [1.29, 1.82) is 0 Å². The van der Waals surface area contributed by atoms with Crippen LogP contribution in [0, 0.1) is 5.41 Å². The Hall–Kier alpha value is -0.510. The third kappa shape index (κ3) is 4.51. The molecule has 106 valence electrons. The van der Waals surface area contributed by atoms with Gasteiger partial charge in [-0.05, 0) is 37.6 Å². The molecule has 1 heterocycles. The number of nitrogens with one attached hydrogen (secondary N) is 1. The first-order valence-electron chi connectivity index (χ1n) is 7.06. The van der Waals surface area contributed by atoms with E-state index in [0.29, 0.717) is 10.7 Å². The van der Waals surface area contributed by atoms with E-state index in [0.717, 1.165) is 19.6 Å². The maximum Gasteiger partial charge on any atom is 0.0260 e. The van der Waals surface area contributed by atoms with Gasteiger partial charge >= 0.3 is 0 Å². The number of nitrogens with zero attached hydrogens (tertiary/aromatic N) is 1. The number of hydrogen-bond donors (Lipinski definition) is 1. The fraction of sp³-hybridized carbons (Fsp3) is 0.625. The Kier molecular flexibility index (Phi) is 4.93. The Bertz CT molecular complexity index is 390. The van der Waals surface area contributed by atoms with E-state index in [9.17, 15) is 0 Å². The molecule has 1 aromatic carbocycles. The molecule has 19 heavy (non-hydrogen) atoms. The van der Waals surface area contributed by atoms with Gasteiger partial charge in [-0.25, -0.2) is 0 Å². The summed E-state index contributed by atoms with van der Waals surface area (Å²) in [5.41, 5.74) is 1.85. The van der Waals surface area contributed by atoms with Crippen LogP contribution in [0.25, 0.3) is 0 Å². The summed E-state index contributed by atoms with van der Waals surface area (Å²) in [6.07, 6.45) is 1.21. The Morgan fingerprint density at radius 3 is 2.74 bits per heavy atom. The van der Waals surface area contributed by atoms with E-state index in [1.807, 2.05) is 11.8 Å². The van der Waals surface area contributed by atoms with Gasteiger partial charge in [-0.1, -0.05) is 32.0 Å². The van der Waals surface area contributed by atoms with E-state index in [-0.39, 0.29) is 0 Å². The van der Waals surface area contributed by atoms with Crippen molar-refractivity contribution in [3.8, 4) is 0 Å². The summed E-state index contributed by atoms with van der Waals surface area (Å²) in [7, 11) is 4.29. The number of benzene rings is 1. The first-order valence-corrected chi connectivity index (χ1v) is 7.94. The molecule has 1 N–H and O–H groups in total. The highest BCUT2D eigenvalue weighted by Crippen LogP contribution is 2.36. The predicted molar refractivity (Wildman–Crippen MR) is 85.0 cm³/mol. The minimum Gasteiger partial charge on any atom is -0.315 e. The molecular weight excluding hydrogens is 252 g/mol. The van der Waals surface area contributed by atoms with Gasteiger partial charge in [-0.3, -0.25) is 0 Å². The van der Waals surface area contributed by atoms with Crippen LogP contribution in [0.1, 0.15) is 19.4 Å². The van der Waals surface area contributed by atoms with Gasteiger partial charge < -0.3 is 10.2 Å². The van der Waals surface area contributed by atoms with E-state index >= 15 is 0 Å². The van der Waals surface area contributed by atoms with Gasteiger partial charge in [0.15, 0.2) is 0 Å². The van der Waals surface area contributed by atoms with Gasteiger partial charge in [-0.2, -0.15) is 0 Å². The second-order valence-corrected chi connectivity index (χ2v) is 7.93. The Morgan fingerprint density at radius 1 is 1.32 bits per heavy atom. The van der Waals surface area contributed by atoms with Crippen LogP contribution >= 0.6 is 11.8 Å². The molecule has 0 saturated heterocycles. The molecule has 0 amide bonds. The highest BCUT2D eigenvalue weighted by molar-refractivity contribution is 8.00. The summed E-state index contributed by atoms with van der Waals surface area (Å²) in [4.78, 5) is 3.74. The maximum atomic E-state index is 3.66. The largest absolute Gasteiger partial charge is 0.315 e. The first kappa shape index (κ1) is 14.9. The van der Waals surface area contributed by atoms with Crippen molar-refractivity contribution in [3.63, 3.8) is 0 Å². The fourth-order valence-electron chi connectivity index (χ4n) is 2.85. The molecule has 1 aromatic rings. The number of hydrogen-bond acceptors (Lipinski definition) is 3. The highest BCUT2D eigenvalue weighted by atomic mass is 32.2. The van der Waals surface area contributed by atoms with Crippen LogP contribution < -0.4 is 5.32 Å². The monoisotopic (exact) mass is 278 g/mol. The van der Waals surface area contributed by atoms with Crippen LogP contribution in [0.4, 0.5) is 0 Å². The molecule has 1 aliphatic heterocycles. The molecule has 0 bridgehead atoms. The second kappa shape index (κ2) is 6.29. The fourth-order valence-corrected chi connectivity index (χ4v) is 4.13. The lowest BCUT2D eigenvalue weighted by molar-refractivity contribution is 0.233. The van der Waals surface area contributed by atoms with E-state index < -0.39 is 0 Å². The van der Waals surface area contributed by atoms with Crippen LogP contribution in [0.3, 0.4) is 0 Å². The summed E-state index contributed by atoms with van der Waals surface area (Å²) in [5.74, 6) is 0. The van der Waals surface area contributed by atoms with Crippen molar-refractivity contribution in [2.24, 2.45) is 5.41 Å². The van der Waals surface area contributed by atoms with Crippen molar-refractivity contribution in [2.75, 3.05) is 33.7 Å². The average molecular weight is 278 g/mol. The van der Waals surface area contributed by atoms with Gasteiger partial charge in [0.25, 0.3) is 0 Å². The molecule has 3 heteroatoms. The molecule has 0 saturated carbocycles. The quantitative estimate of drug-likeness (QED) is 0.861. The maximum absolute atomic E-state index is 3.66. The lowest BCUT2D eigenvalue weighted by Crippen LogP contribution is -2.39. The van der Waals surface area contributed by atoms with Gasteiger partial charge in [0.1, 0.15) is 0 Å². The molecule has 1 aliphatic rings. The molecule has 0 fully saturated rings. The van der Waals surface area contributed by atoms with Crippen molar-refractivity contribution in [3.05, 3.63) is 29.8 Å². The minimum atomic E-state index is 0.333. The number of fused-ring (bicyclic) bond motifs is 1. The van der Waals surface area contributed by atoms with Crippen molar-refractivity contribution in [1.82, 2.24) is 10.2 Å². The number of thioether (sulfide) groups is 1. The third-order valence-electron chi connectivity index (χ3n) is 3.43. The molecular formula is C16H26N2S. The van der Waals surface area contributed by atoms with Gasteiger partial charge in [0.05, 0.1) is 0 Å². The molecule has 2 rings (SSSR count). The zero-order chi connectivity index (χ0) is 13.9. The van der Waals surface area contributed by atoms with Gasteiger partial charge in [0.2, 0.25) is 0 Å². The molecule has 0 radical (unpaired) electrons. The smallest absolute Gasteiger partial charge is 0.0260 e. The summed E-state index contributed by atoms with van der Waals surface area (Å²) < 4.78 is 0. The van der Waals surface area contributed by atoms with Crippen LogP contribution in [0.5, 0.6) is 0 Å². The van der Waals surface area contributed by atoms with Gasteiger partial charge in [-0.15, -0.1) is 11.8 Å². The minimum absolute atomic E-state index is 0.333. The Labute approximate surface area is 122 Å². The summed E-state index contributed by atoms with van der Waals surface area (Å²) in [6.45, 7) is 7.97. The van der Waals surface area contributed by atoms with Crippen LogP contribution in [-0.2, 0) is 6.42 Å². The van der Waals surface area contributed by atoms with E-state index in [1.54, 1.807) is 0 Å². The van der Waals surface area contributed by atoms with Crippen LogP contribution in [-0.4, -0.2) is 43.9 Å². The van der Waals surface area contributed by atoms with E-state index in [4.69, 9.17) is 0 Å². The summed E-state index contributed by atoms with van der Waals surface area (Å²) in [6, 6.07) is 8.80. The SMILES string of the molecule is CN(C)CC(C)(C)CNCC1Cc2ccccc2S1. The van der Waals surface area contributed by atoms with Crippen LogP contribution in [0.15, 0.2) is 29.2 Å². The van der Waals surface area contributed by atoms with Gasteiger partial charge in [0, 0.05) is 29.8 Å². The number of rotatable bonds is 6. The Balaban J connectivity index is 1.74. The molecule has 0 aromatic heterocycles. The summed E-state index contributed by atoms with van der Waals surface area (Å²) >= 11 is 2.03. The molecule has 0 spiro atoms. The predicted octanol–water partition coefficient (Wildman–Crippen LogP) is 2.88. The van der Waals surface area contributed by atoms with E-state index in [2.05, 4.69) is 62.4 Å². The zero-order valence-corrected chi connectivity index (χ0v) is 13.4. The molecule has 1 atom stereocenters. The molecule has 2 nitrogen and oxygen atoms in total. The normalized spacial score (nSPS) is 18.9. The lowest BCUT2D eigenvalue weighted by atomic mass is 9.93. The molecule has 1 unspecified atom stereocenters. The topological polar surface area (TPSA) is 15.3 Å². The first-order chi connectivity index (χ1) is 8.96. The van der Waals surface area contributed by atoms with Crippen molar-refractivity contribution in [2.45, 2.75) is 30.4 Å². The zero-order valence-electron chi connectivity index (χ0n) is 12.6. The second-order valence-electron chi connectivity index (χ2n) is 6.58. The standard InChI is InChI=1S/C16H26N2S/c1-16(2,12-18(3)4)11-17-10-14-9-13-7-5-6-8-15(13)19-14/h5-8,14,17H,9-12H2,1-4H3. The van der Waals surface area contributed by atoms with Crippen LogP contribution in [0.2, 0.25) is 0 Å². The van der Waals surface area contributed by atoms with Crippen molar-refractivity contribution < 1.29 is 0 Å². The Morgan fingerprint density at radius 2 is 2.05 bits per heavy atom. The van der Waals surface area contributed by atoms with E-state index in [1.165, 1.54) is 16.9 Å². The lowest BCUT2D eigenvalue weighted by Gasteiger charge is -2.29. The summed E-state index contributed by atoms with van der Waals surface area (Å²) in [5, 5.41) is 4.36. The third-order valence-corrected chi connectivity index (χ3v) is 4.75. The molecule has 0 aliphatic carbocycles. The van der Waals surface area contributed by atoms with Crippen molar-refractivity contribution >= 4 is 11.8 Å². The highest BCUT2D eigenvalue weighted by Gasteiger charge is 2.23.